The molecule has 28 heavy (non-hydrogen) atoms. The zero-order valence-electron chi connectivity index (χ0n) is 15.8. The highest BCUT2D eigenvalue weighted by Crippen LogP contribution is 2.29. The molecular weight excluding hydrogens is 374 g/mol. The zero-order chi connectivity index (χ0) is 19.3. The largest absolute Gasteiger partial charge is 0.494 e. The molecule has 0 unspecified atom stereocenters. The molecule has 0 atom stereocenters. The van der Waals surface area contributed by atoms with Crippen molar-refractivity contribution in [3.05, 3.63) is 48.5 Å². The number of benzene rings is 2. The van der Waals surface area contributed by atoms with E-state index in [9.17, 15) is 4.79 Å². The van der Waals surface area contributed by atoms with Crippen LogP contribution in [0.1, 0.15) is 19.8 Å². The van der Waals surface area contributed by atoms with Crippen LogP contribution in [0.4, 0.5) is 10.5 Å². The van der Waals surface area contributed by atoms with Crippen LogP contribution in [0.5, 0.6) is 10.9 Å². The first-order chi connectivity index (χ1) is 13.7. The van der Waals surface area contributed by atoms with E-state index >= 15 is 0 Å². The number of rotatable bonds is 5. The topological polar surface area (TPSA) is 63.7 Å². The van der Waals surface area contributed by atoms with Crippen molar-refractivity contribution < 1.29 is 14.3 Å². The van der Waals surface area contributed by atoms with Gasteiger partial charge in [0.15, 0.2) is 0 Å². The van der Waals surface area contributed by atoms with Gasteiger partial charge in [-0.15, -0.1) is 0 Å². The summed E-state index contributed by atoms with van der Waals surface area (Å²) in [6, 6.07) is 15.4. The Bertz CT molecular complexity index is 900. The number of nitrogens with one attached hydrogen (secondary N) is 1. The van der Waals surface area contributed by atoms with Crippen molar-refractivity contribution in [3.63, 3.8) is 0 Å². The molecule has 0 radical (unpaired) electrons. The number of fused-ring (bicyclic) bond motifs is 1. The number of likely N-dealkylation sites (tertiary alicyclic amines) is 1. The summed E-state index contributed by atoms with van der Waals surface area (Å²) in [6.45, 7) is 3.90. The smallest absolute Gasteiger partial charge is 0.321 e. The van der Waals surface area contributed by atoms with Crippen LogP contribution < -0.4 is 14.8 Å². The van der Waals surface area contributed by atoms with Crippen LogP contribution in [0.25, 0.3) is 10.2 Å². The van der Waals surface area contributed by atoms with Gasteiger partial charge >= 0.3 is 6.03 Å². The van der Waals surface area contributed by atoms with Crippen molar-refractivity contribution in [3.8, 4) is 10.9 Å². The summed E-state index contributed by atoms with van der Waals surface area (Å²) < 4.78 is 12.6. The molecule has 1 saturated heterocycles. The molecule has 7 heteroatoms. The highest BCUT2D eigenvalue weighted by Gasteiger charge is 2.24. The molecule has 1 aromatic heterocycles. The van der Waals surface area contributed by atoms with Crippen LogP contribution >= 0.6 is 11.3 Å². The van der Waals surface area contributed by atoms with Crippen molar-refractivity contribution in [1.82, 2.24) is 9.88 Å². The molecule has 0 saturated carbocycles. The van der Waals surface area contributed by atoms with Crippen LogP contribution in [0.15, 0.2) is 48.5 Å². The molecule has 0 bridgehead atoms. The lowest BCUT2D eigenvalue weighted by Gasteiger charge is -2.31. The van der Waals surface area contributed by atoms with Gasteiger partial charge in [-0.25, -0.2) is 9.78 Å². The number of thiazole rings is 1. The van der Waals surface area contributed by atoms with E-state index in [-0.39, 0.29) is 12.1 Å². The number of hydrogen-bond donors (Lipinski definition) is 1. The second kappa shape index (κ2) is 8.48. The molecule has 2 heterocycles. The summed E-state index contributed by atoms with van der Waals surface area (Å²) in [5, 5.41) is 3.65. The van der Waals surface area contributed by atoms with Gasteiger partial charge in [-0.05, 0) is 43.3 Å². The number of nitrogens with zero attached hydrogens (tertiary/aromatic N) is 2. The molecule has 2 amide bonds. The van der Waals surface area contributed by atoms with Crippen LogP contribution in [0.2, 0.25) is 0 Å². The second-order valence-electron chi connectivity index (χ2n) is 6.64. The van der Waals surface area contributed by atoms with E-state index in [1.54, 1.807) is 11.3 Å². The minimum atomic E-state index is -0.0809. The lowest BCUT2D eigenvalue weighted by atomic mass is 10.1. The van der Waals surface area contributed by atoms with Gasteiger partial charge in [0.05, 0.1) is 16.8 Å². The maximum absolute atomic E-state index is 12.5. The molecule has 2 aromatic carbocycles. The van der Waals surface area contributed by atoms with Gasteiger partial charge in [0.1, 0.15) is 11.9 Å². The Labute approximate surface area is 168 Å². The normalized spacial score (nSPS) is 14.8. The molecular formula is C21H23N3O3S. The Morgan fingerprint density at radius 3 is 2.64 bits per heavy atom. The van der Waals surface area contributed by atoms with Crippen molar-refractivity contribution >= 4 is 33.3 Å². The molecule has 1 fully saturated rings. The van der Waals surface area contributed by atoms with Gasteiger partial charge in [0.25, 0.3) is 5.19 Å². The number of piperidine rings is 1. The number of hydrogen-bond acceptors (Lipinski definition) is 5. The summed E-state index contributed by atoms with van der Waals surface area (Å²) in [4.78, 5) is 18.9. The first-order valence-corrected chi connectivity index (χ1v) is 10.3. The molecule has 0 aliphatic carbocycles. The van der Waals surface area contributed by atoms with E-state index in [1.165, 1.54) is 0 Å². The average molecular weight is 398 g/mol. The minimum absolute atomic E-state index is 0.0809. The Kier molecular flexibility index (Phi) is 5.62. The van der Waals surface area contributed by atoms with Gasteiger partial charge in [-0.3, -0.25) is 0 Å². The zero-order valence-corrected chi connectivity index (χ0v) is 16.6. The number of aromatic nitrogens is 1. The molecule has 1 aliphatic heterocycles. The predicted octanol–water partition coefficient (Wildman–Crippen LogP) is 4.77. The molecule has 4 rings (SSSR count). The van der Waals surface area contributed by atoms with E-state index in [4.69, 9.17) is 9.47 Å². The number of amides is 2. The van der Waals surface area contributed by atoms with E-state index in [2.05, 4.69) is 10.3 Å². The number of ether oxygens (including phenoxy) is 2. The van der Waals surface area contributed by atoms with Crippen LogP contribution in [0, 0.1) is 0 Å². The number of carbonyl (C=O) groups excluding carboxylic acids is 1. The van der Waals surface area contributed by atoms with Crippen molar-refractivity contribution in [2.45, 2.75) is 25.9 Å². The number of para-hydroxylation sites is 1. The molecule has 3 aromatic rings. The predicted molar refractivity (Wildman–Crippen MR) is 111 cm³/mol. The van der Waals surface area contributed by atoms with Crippen LogP contribution in [-0.2, 0) is 0 Å². The standard InChI is InChI=1S/C21H23N3O3S/c1-2-26-16-9-7-15(8-10-16)22-20(25)24-13-11-17(12-14-24)27-21-23-18-5-3-4-6-19(18)28-21/h3-10,17H,2,11-14H2,1H3,(H,22,25). The summed E-state index contributed by atoms with van der Waals surface area (Å²) in [5.74, 6) is 0.799. The lowest BCUT2D eigenvalue weighted by molar-refractivity contribution is 0.115. The first-order valence-electron chi connectivity index (χ1n) is 9.52. The average Bonchev–Trinajstić information content (AvgIpc) is 3.12. The summed E-state index contributed by atoms with van der Waals surface area (Å²) in [6.07, 6.45) is 1.69. The van der Waals surface area contributed by atoms with Gasteiger partial charge in [-0.2, -0.15) is 0 Å². The Morgan fingerprint density at radius 2 is 1.93 bits per heavy atom. The highest BCUT2D eigenvalue weighted by molar-refractivity contribution is 7.20. The highest BCUT2D eigenvalue weighted by atomic mass is 32.1. The van der Waals surface area contributed by atoms with E-state index < -0.39 is 0 Å². The van der Waals surface area contributed by atoms with Crippen LogP contribution in [0.3, 0.4) is 0 Å². The van der Waals surface area contributed by atoms with Crippen LogP contribution in [-0.4, -0.2) is 41.7 Å². The summed E-state index contributed by atoms with van der Waals surface area (Å²) in [7, 11) is 0. The number of anilines is 1. The van der Waals surface area contributed by atoms with E-state index in [0.717, 1.165) is 34.5 Å². The molecule has 146 valence electrons. The van der Waals surface area contributed by atoms with Crippen molar-refractivity contribution in [2.75, 3.05) is 25.0 Å². The number of carbonyl (C=O) groups is 1. The van der Waals surface area contributed by atoms with E-state index in [0.29, 0.717) is 24.9 Å². The Balaban J connectivity index is 1.27. The van der Waals surface area contributed by atoms with Crippen molar-refractivity contribution in [2.24, 2.45) is 0 Å². The van der Waals surface area contributed by atoms with Gasteiger partial charge in [0, 0.05) is 31.6 Å². The lowest BCUT2D eigenvalue weighted by Crippen LogP contribution is -2.43. The maximum Gasteiger partial charge on any atom is 0.321 e. The Morgan fingerprint density at radius 1 is 1.18 bits per heavy atom. The van der Waals surface area contributed by atoms with E-state index in [1.807, 2.05) is 60.4 Å². The molecule has 0 spiro atoms. The third-order valence-corrected chi connectivity index (χ3v) is 5.61. The van der Waals surface area contributed by atoms with Gasteiger partial charge in [-0.1, -0.05) is 23.5 Å². The Hall–Kier alpha value is -2.80. The monoisotopic (exact) mass is 397 g/mol. The third kappa shape index (κ3) is 4.36. The SMILES string of the molecule is CCOc1ccc(NC(=O)N2CCC(Oc3nc4ccccc4s3)CC2)cc1. The molecule has 6 nitrogen and oxygen atoms in total. The first kappa shape index (κ1) is 18.6. The summed E-state index contributed by atoms with van der Waals surface area (Å²) >= 11 is 1.57. The molecule has 1 N–H and O–H groups in total. The quantitative estimate of drug-likeness (QED) is 0.674. The van der Waals surface area contributed by atoms with Gasteiger partial charge in [0.2, 0.25) is 0 Å². The number of urea groups is 1. The molecule has 1 aliphatic rings. The maximum atomic E-state index is 12.5. The fourth-order valence-corrected chi connectivity index (χ4v) is 4.11. The third-order valence-electron chi connectivity index (χ3n) is 4.69. The van der Waals surface area contributed by atoms with Gasteiger partial charge < -0.3 is 19.7 Å². The fourth-order valence-electron chi connectivity index (χ4n) is 3.22. The minimum Gasteiger partial charge on any atom is -0.494 e. The summed E-state index contributed by atoms with van der Waals surface area (Å²) in [5.41, 5.74) is 1.73. The van der Waals surface area contributed by atoms with Crippen molar-refractivity contribution in [1.29, 1.82) is 0 Å². The fraction of sp³-hybridized carbons (Fsp3) is 0.333. The second-order valence-corrected chi connectivity index (χ2v) is 7.63.